The molecule has 0 aliphatic carbocycles. The van der Waals surface area contributed by atoms with Crippen LogP contribution in [0.1, 0.15) is 6.92 Å². The molecule has 10 heavy (non-hydrogen) atoms. The third-order valence-electron chi connectivity index (χ3n) is 1.66. The Morgan fingerprint density at radius 3 is 1.60 bits per heavy atom. The molecule has 2 nitrogen and oxygen atoms in total. The molecule has 0 radical (unpaired) electrons. The molecule has 2 N–H and O–H groups in total. The van der Waals surface area contributed by atoms with Crippen molar-refractivity contribution in [3.05, 3.63) is 0 Å². The normalized spacial score (nSPS) is 12.9. The number of hydrogen-bond donors (Lipinski definition) is 1. The molecule has 0 bridgehead atoms. The van der Waals surface area contributed by atoms with Crippen molar-refractivity contribution in [2.24, 2.45) is 5.73 Å². The lowest BCUT2D eigenvalue weighted by Crippen LogP contribution is -3.00. The maximum absolute atomic E-state index is 5.44. The minimum absolute atomic E-state index is 0. The lowest BCUT2D eigenvalue weighted by atomic mass is 10.3. The third kappa shape index (κ3) is 6.62. The first-order chi connectivity index (χ1) is 3.48. The molecule has 0 heterocycles. The Kier molecular flexibility index (Phi) is 10.5. The van der Waals surface area contributed by atoms with Gasteiger partial charge in [0.2, 0.25) is 0 Å². The van der Waals surface area contributed by atoms with Gasteiger partial charge in [-0.05, 0) is 6.92 Å². The highest BCUT2D eigenvalue weighted by Gasteiger charge is 2.14. The Bertz CT molecular complexity index is 70.6. The number of halogens is 2. The lowest BCUT2D eigenvalue weighted by Gasteiger charge is -2.30. The van der Waals surface area contributed by atoms with Gasteiger partial charge in [-0.1, -0.05) is 0 Å². The van der Waals surface area contributed by atoms with Crippen molar-refractivity contribution in [2.45, 2.75) is 13.0 Å². The summed E-state index contributed by atoms with van der Waals surface area (Å²) >= 11 is 0. The van der Waals surface area contributed by atoms with E-state index >= 15 is 0 Å². The minimum Gasteiger partial charge on any atom is -1.00 e. The summed E-state index contributed by atoms with van der Waals surface area (Å²) in [5.74, 6) is 0. The summed E-state index contributed by atoms with van der Waals surface area (Å²) < 4.78 is 0.955. The second-order valence-electron chi connectivity index (χ2n) is 3.20. The molecule has 4 heteroatoms. The Morgan fingerprint density at radius 1 is 1.30 bits per heavy atom. The van der Waals surface area contributed by atoms with Crippen LogP contribution in [0.2, 0.25) is 0 Å². The zero-order valence-electron chi connectivity index (χ0n) is 7.10. The first-order valence-electron chi connectivity index (χ1n) is 2.99. The van der Waals surface area contributed by atoms with Gasteiger partial charge in [0.15, 0.2) is 0 Å². The van der Waals surface area contributed by atoms with Crippen LogP contribution in [0.3, 0.4) is 0 Å². The van der Waals surface area contributed by atoms with E-state index in [1.807, 2.05) is 0 Å². The van der Waals surface area contributed by atoms with Crippen LogP contribution in [0.5, 0.6) is 0 Å². The Labute approximate surface area is 76.2 Å². The molecule has 1 atom stereocenters. The zero-order valence-corrected chi connectivity index (χ0v) is 8.67. The molecule has 1 unspecified atom stereocenters. The molecule has 0 rings (SSSR count). The van der Waals surface area contributed by atoms with Crippen molar-refractivity contribution in [2.75, 3.05) is 27.7 Å². The maximum atomic E-state index is 5.44. The summed E-state index contributed by atoms with van der Waals surface area (Å²) in [5.41, 5.74) is 5.44. The van der Waals surface area contributed by atoms with Gasteiger partial charge in [0.05, 0.1) is 27.2 Å². The summed E-state index contributed by atoms with van der Waals surface area (Å²) in [5, 5.41) is 0. The van der Waals surface area contributed by atoms with Gasteiger partial charge in [0.1, 0.15) is 0 Å². The highest BCUT2D eigenvalue weighted by Crippen LogP contribution is 1.97. The average Bonchev–Trinajstić information content (AvgIpc) is 1.62. The molecule has 0 aliphatic heterocycles. The quantitative estimate of drug-likeness (QED) is 0.476. The van der Waals surface area contributed by atoms with Crippen molar-refractivity contribution < 1.29 is 16.9 Å². The zero-order chi connectivity index (χ0) is 6.78. The van der Waals surface area contributed by atoms with E-state index in [0.717, 1.165) is 11.0 Å². The predicted octanol–water partition coefficient (Wildman–Crippen LogP) is -2.53. The second-order valence-corrected chi connectivity index (χ2v) is 3.20. The van der Waals surface area contributed by atoms with Gasteiger partial charge >= 0.3 is 0 Å². The lowest BCUT2D eigenvalue weighted by molar-refractivity contribution is -0.892. The van der Waals surface area contributed by atoms with E-state index in [1.54, 1.807) is 0 Å². The molecule has 0 aromatic rings. The smallest absolute Gasteiger partial charge is 0.0979 e. The van der Waals surface area contributed by atoms with Crippen LogP contribution in [0.4, 0.5) is 0 Å². The summed E-state index contributed by atoms with van der Waals surface area (Å²) in [6.07, 6.45) is 0. The number of hydrogen-bond acceptors (Lipinski definition) is 1. The molecule has 0 aromatic carbocycles. The summed E-state index contributed by atoms with van der Waals surface area (Å²) in [6.45, 7) is 2.92. The molecule has 0 saturated heterocycles. The van der Waals surface area contributed by atoms with Gasteiger partial charge in [-0.3, -0.25) is 0 Å². The largest absolute Gasteiger partial charge is 1.00 e. The van der Waals surface area contributed by atoms with Crippen LogP contribution in [-0.2, 0) is 0 Å². The Morgan fingerprint density at radius 2 is 1.60 bits per heavy atom. The molecular formula is C6H18Cl2N2. The Balaban J connectivity index is -0.000000245. The fourth-order valence-electron chi connectivity index (χ4n) is 0.316. The SMILES string of the molecule is CC(CN)[N+](C)(C)C.Cl.[Cl-]. The molecule has 0 aromatic heterocycles. The van der Waals surface area contributed by atoms with E-state index in [1.165, 1.54) is 0 Å². The number of nitrogens with zero attached hydrogens (tertiary/aromatic N) is 1. The molecule has 0 saturated carbocycles. The summed E-state index contributed by atoms with van der Waals surface area (Å²) in [6, 6.07) is 0.565. The Hall–Kier alpha value is 0.500. The fourth-order valence-corrected chi connectivity index (χ4v) is 0.316. The monoisotopic (exact) mass is 188 g/mol. The third-order valence-corrected chi connectivity index (χ3v) is 1.66. The van der Waals surface area contributed by atoms with E-state index in [9.17, 15) is 0 Å². The van der Waals surface area contributed by atoms with Gasteiger partial charge in [-0.25, -0.2) is 0 Å². The van der Waals surface area contributed by atoms with Gasteiger partial charge in [-0.15, -0.1) is 12.4 Å². The predicted molar refractivity (Wildman–Crippen MR) is 43.8 cm³/mol. The first-order valence-corrected chi connectivity index (χ1v) is 2.99. The average molecular weight is 189 g/mol. The first kappa shape index (κ1) is 16.8. The summed E-state index contributed by atoms with van der Waals surface area (Å²) in [7, 11) is 6.45. The van der Waals surface area contributed by atoms with Gasteiger partial charge in [0.25, 0.3) is 0 Å². The molecule has 66 valence electrons. The van der Waals surface area contributed by atoms with E-state index in [-0.39, 0.29) is 24.8 Å². The highest BCUT2D eigenvalue weighted by atomic mass is 35.5. The van der Waals surface area contributed by atoms with E-state index in [2.05, 4.69) is 28.1 Å². The molecule has 0 spiro atoms. The van der Waals surface area contributed by atoms with Crippen LogP contribution < -0.4 is 18.1 Å². The highest BCUT2D eigenvalue weighted by molar-refractivity contribution is 5.85. The van der Waals surface area contributed by atoms with Gasteiger partial charge in [0, 0.05) is 6.54 Å². The van der Waals surface area contributed by atoms with Crippen LogP contribution in [0, 0.1) is 0 Å². The van der Waals surface area contributed by atoms with Crippen molar-refractivity contribution >= 4 is 12.4 Å². The van der Waals surface area contributed by atoms with Crippen molar-refractivity contribution in [3.63, 3.8) is 0 Å². The van der Waals surface area contributed by atoms with Crippen molar-refractivity contribution in [1.29, 1.82) is 0 Å². The van der Waals surface area contributed by atoms with Gasteiger partial charge < -0.3 is 22.6 Å². The van der Waals surface area contributed by atoms with Crippen LogP contribution in [0.15, 0.2) is 0 Å². The summed E-state index contributed by atoms with van der Waals surface area (Å²) in [4.78, 5) is 0. The minimum atomic E-state index is 0. The van der Waals surface area contributed by atoms with E-state index in [4.69, 9.17) is 5.73 Å². The standard InChI is InChI=1S/C6H17N2.2ClH/c1-6(5-7)8(2,3)4;;/h6H,5,7H2,1-4H3;2*1H/q+1;;/p-1. The molecule has 0 fully saturated rings. The van der Waals surface area contributed by atoms with Crippen molar-refractivity contribution in [1.82, 2.24) is 0 Å². The molecule has 0 aliphatic rings. The van der Waals surface area contributed by atoms with Gasteiger partial charge in [-0.2, -0.15) is 0 Å². The van der Waals surface area contributed by atoms with Crippen LogP contribution in [-0.4, -0.2) is 38.2 Å². The van der Waals surface area contributed by atoms with E-state index < -0.39 is 0 Å². The maximum Gasteiger partial charge on any atom is 0.0979 e. The van der Waals surface area contributed by atoms with Crippen molar-refractivity contribution in [3.8, 4) is 0 Å². The number of quaternary nitrogens is 1. The number of rotatable bonds is 2. The van der Waals surface area contributed by atoms with Crippen LogP contribution in [0.25, 0.3) is 0 Å². The van der Waals surface area contributed by atoms with E-state index in [0.29, 0.717) is 6.04 Å². The number of nitrogens with two attached hydrogens (primary N) is 1. The second kappa shape index (κ2) is 6.23. The fraction of sp³-hybridized carbons (Fsp3) is 1.00. The molecular weight excluding hydrogens is 171 g/mol. The van der Waals surface area contributed by atoms with Crippen LogP contribution >= 0.6 is 12.4 Å². The number of likely N-dealkylation sites (N-methyl/N-ethyl adjacent to an activating group) is 1. The topological polar surface area (TPSA) is 26.0 Å². The molecule has 0 amide bonds.